The van der Waals surface area contributed by atoms with Crippen LogP contribution in [0.4, 0.5) is 5.69 Å². The average molecular weight is 248 g/mol. The van der Waals surface area contributed by atoms with Gasteiger partial charge in [-0.3, -0.25) is 9.79 Å². The summed E-state index contributed by atoms with van der Waals surface area (Å²) in [6.07, 6.45) is 0. The Bertz CT molecular complexity index is 499. The maximum atomic E-state index is 11.0. The molecular formula is C12H16N4O2. The summed E-state index contributed by atoms with van der Waals surface area (Å²) in [6, 6.07) is 4.98. The number of amides is 1. The molecular weight excluding hydrogens is 232 g/mol. The van der Waals surface area contributed by atoms with Crippen LogP contribution in [0.15, 0.2) is 23.2 Å². The Morgan fingerprint density at radius 3 is 3.06 bits per heavy atom. The van der Waals surface area contributed by atoms with Gasteiger partial charge in [-0.25, -0.2) is 0 Å². The minimum Gasteiger partial charge on any atom is -0.491 e. The Kier molecular flexibility index (Phi) is 3.36. The zero-order valence-electron chi connectivity index (χ0n) is 10.1. The molecule has 1 amide bonds. The minimum atomic E-state index is -0.445. The van der Waals surface area contributed by atoms with Crippen molar-refractivity contribution in [3.05, 3.63) is 23.8 Å². The molecule has 0 fully saturated rings. The molecule has 5 N–H and O–H groups in total. The number of primary amides is 1. The molecule has 0 unspecified atom stereocenters. The second kappa shape index (κ2) is 4.95. The topological polar surface area (TPSA) is 103 Å². The Morgan fingerprint density at radius 1 is 1.56 bits per heavy atom. The number of aliphatic imine (C=N–C) groups is 1. The number of carbonyl (C=O) groups excluding carboxylic acids is 1. The third kappa shape index (κ3) is 2.53. The van der Waals surface area contributed by atoms with Crippen LogP contribution in [0.2, 0.25) is 0 Å². The Hall–Kier alpha value is -2.24. The largest absolute Gasteiger partial charge is 0.491 e. The van der Waals surface area contributed by atoms with Crippen molar-refractivity contribution in [1.29, 1.82) is 0 Å². The fourth-order valence-electron chi connectivity index (χ4n) is 1.67. The van der Waals surface area contributed by atoms with E-state index in [9.17, 15) is 4.79 Å². The number of nitrogens with one attached hydrogen (secondary N) is 1. The number of anilines is 1. The van der Waals surface area contributed by atoms with E-state index in [0.29, 0.717) is 24.7 Å². The van der Waals surface area contributed by atoms with Gasteiger partial charge in [-0.15, -0.1) is 0 Å². The lowest BCUT2D eigenvalue weighted by Gasteiger charge is -2.14. The number of carbonyl (C=O) groups is 1. The summed E-state index contributed by atoms with van der Waals surface area (Å²) in [5.41, 5.74) is 12.5. The third-order valence-electron chi connectivity index (χ3n) is 2.70. The van der Waals surface area contributed by atoms with Crippen LogP contribution in [0.3, 0.4) is 0 Å². The van der Waals surface area contributed by atoms with Gasteiger partial charge in [0.05, 0.1) is 12.1 Å². The molecule has 2 rings (SSSR count). The van der Waals surface area contributed by atoms with Gasteiger partial charge < -0.3 is 21.5 Å². The zero-order valence-corrected chi connectivity index (χ0v) is 10.1. The number of hydrogen-bond acceptors (Lipinski definition) is 5. The number of hydrogen-bond donors (Lipinski definition) is 3. The highest BCUT2D eigenvalue weighted by atomic mass is 16.5. The smallest absolute Gasteiger partial charge is 0.239 e. The number of amidine groups is 1. The highest BCUT2D eigenvalue weighted by molar-refractivity contribution is 6.00. The molecule has 0 bridgehead atoms. The van der Waals surface area contributed by atoms with Crippen molar-refractivity contribution in [2.75, 3.05) is 18.5 Å². The highest BCUT2D eigenvalue weighted by Gasteiger charge is 2.14. The number of fused-ring (bicyclic) bond motifs is 1. The molecule has 0 aliphatic carbocycles. The van der Waals surface area contributed by atoms with Gasteiger partial charge in [-0.2, -0.15) is 0 Å². The van der Waals surface area contributed by atoms with Crippen LogP contribution in [0.5, 0.6) is 5.75 Å². The molecule has 6 heteroatoms. The Morgan fingerprint density at radius 2 is 2.33 bits per heavy atom. The summed E-state index contributed by atoms with van der Waals surface area (Å²) in [5.74, 6) is 0.722. The lowest BCUT2D eigenvalue weighted by atomic mass is 10.1. The first-order chi connectivity index (χ1) is 8.58. The van der Waals surface area contributed by atoms with Gasteiger partial charge in [0.2, 0.25) is 5.91 Å². The quantitative estimate of drug-likeness (QED) is 0.704. The molecule has 0 saturated heterocycles. The number of rotatable bonds is 3. The molecule has 0 saturated carbocycles. The first kappa shape index (κ1) is 12.2. The molecule has 18 heavy (non-hydrogen) atoms. The molecule has 1 heterocycles. The third-order valence-corrected chi connectivity index (χ3v) is 2.70. The first-order valence-electron chi connectivity index (χ1n) is 5.71. The van der Waals surface area contributed by atoms with Crippen LogP contribution >= 0.6 is 0 Å². The van der Waals surface area contributed by atoms with Crippen molar-refractivity contribution in [1.82, 2.24) is 0 Å². The van der Waals surface area contributed by atoms with Gasteiger partial charge in [0, 0.05) is 11.8 Å². The maximum absolute atomic E-state index is 11.0. The number of nitrogens with two attached hydrogens (primary N) is 2. The minimum absolute atomic E-state index is 0.410. The van der Waals surface area contributed by atoms with Gasteiger partial charge >= 0.3 is 0 Å². The van der Waals surface area contributed by atoms with E-state index in [1.807, 2.05) is 12.1 Å². The van der Waals surface area contributed by atoms with Gasteiger partial charge in [0.25, 0.3) is 0 Å². The summed E-state index contributed by atoms with van der Waals surface area (Å²) in [6.45, 7) is 2.73. The van der Waals surface area contributed by atoms with Crippen molar-refractivity contribution in [3.63, 3.8) is 0 Å². The summed E-state index contributed by atoms with van der Waals surface area (Å²) in [4.78, 5) is 15.1. The van der Waals surface area contributed by atoms with Crippen LogP contribution < -0.4 is 21.5 Å². The van der Waals surface area contributed by atoms with E-state index in [-0.39, 0.29) is 0 Å². The van der Waals surface area contributed by atoms with Crippen molar-refractivity contribution in [2.24, 2.45) is 16.5 Å². The van der Waals surface area contributed by atoms with Crippen LogP contribution in [-0.2, 0) is 4.79 Å². The van der Waals surface area contributed by atoms with E-state index in [1.54, 1.807) is 13.0 Å². The number of nitrogens with zero attached hydrogens (tertiary/aromatic N) is 1. The maximum Gasteiger partial charge on any atom is 0.239 e. The molecule has 0 aromatic heterocycles. The fraction of sp³-hybridized carbons (Fsp3) is 0.333. The summed E-state index contributed by atoms with van der Waals surface area (Å²) >= 11 is 0. The molecule has 1 aromatic carbocycles. The molecule has 1 atom stereocenters. The van der Waals surface area contributed by atoms with Crippen molar-refractivity contribution >= 4 is 17.4 Å². The van der Waals surface area contributed by atoms with Crippen molar-refractivity contribution in [3.8, 4) is 5.75 Å². The standard InChI is InChI=1S/C12H16N4O2/c1-7(12(14)17)16-8-2-3-9-10(6-8)18-5-4-15-11(9)13/h2-3,6-7,16H,4-5H2,1H3,(H2,13,15)(H2,14,17)/t7-/m0/s1. The van der Waals surface area contributed by atoms with Crippen LogP contribution in [0.1, 0.15) is 12.5 Å². The predicted octanol–water partition coefficient (Wildman–Crippen LogP) is 0.0700. The molecule has 1 aromatic rings. The van der Waals surface area contributed by atoms with Gasteiger partial charge in [-0.05, 0) is 19.1 Å². The first-order valence-corrected chi connectivity index (χ1v) is 5.71. The van der Waals surface area contributed by atoms with Crippen LogP contribution in [-0.4, -0.2) is 30.9 Å². The van der Waals surface area contributed by atoms with Gasteiger partial charge in [0.15, 0.2) is 0 Å². The van der Waals surface area contributed by atoms with E-state index < -0.39 is 11.9 Å². The molecule has 0 spiro atoms. The molecule has 1 aliphatic rings. The monoisotopic (exact) mass is 248 g/mol. The Labute approximate surface area is 105 Å². The number of benzene rings is 1. The van der Waals surface area contributed by atoms with E-state index in [4.69, 9.17) is 16.2 Å². The van der Waals surface area contributed by atoms with E-state index in [1.165, 1.54) is 0 Å². The summed E-state index contributed by atoms with van der Waals surface area (Å²) < 4.78 is 5.55. The van der Waals surface area contributed by atoms with E-state index >= 15 is 0 Å². The van der Waals surface area contributed by atoms with E-state index in [0.717, 1.165) is 11.3 Å². The second-order valence-electron chi connectivity index (χ2n) is 4.09. The lowest BCUT2D eigenvalue weighted by molar-refractivity contribution is -0.118. The summed E-state index contributed by atoms with van der Waals surface area (Å²) in [7, 11) is 0. The predicted molar refractivity (Wildman–Crippen MR) is 69.8 cm³/mol. The SMILES string of the molecule is C[C@H](Nc1ccc2c(c1)OCCN=C2N)C(N)=O. The van der Waals surface area contributed by atoms with Crippen LogP contribution in [0, 0.1) is 0 Å². The van der Waals surface area contributed by atoms with Crippen LogP contribution in [0.25, 0.3) is 0 Å². The van der Waals surface area contributed by atoms with Gasteiger partial charge in [0.1, 0.15) is 24.2 Å². The second-order valence-corrected chi connectivity index (χ2v) is 4.09. The van der Waals surface area contributed by atoms with Gasteiger partial charge in [-0.1, -0.05) is 0 Å². The fourth-order valence-corrected chi connectivity index (χ4v) is 1.67. The van der Waals surface area contributed by atoms with Crippen molar-refractivity contribution < 1.29 is 9.53 Å². The molecule has 1 aliphatic heterocycles. The highest BCUT2D eigenvalue weighted by Crippen LogP contribution is 2.25. The zero-order chi connectivity index (χ0) is 13.1. The van der Waals surface area contributed by atoms with E-state index in [2.05, 4.69) is 10.3 Å². The number of ether oxygens (including phenoxy) is 1. The van der Waals surface area contributed by atoms with Crippen molar-refractivity contribution in [2.45, 2.75) is 13.0 Å². The normalized spacial score (nSPS) is 15.7. The molecule has 96 valence electrons. The summed E-state index contributed by atoms with van der Waals surface area (Å²) in [5, 5.41) is 2.99. The Balaban J connectivity index is 2.25. The molecule has 6 nitrogen and oxygen atoms in total. The average Bonchev–Trinajstić information content (AvgIpc) is 2.51. The molecule has 0 radical (unpaired) electrons. The lowest BCUT2D eigenvalue weighted by Crippen LogP contribution is -2.32.